The molecule has 1 fully saturated rings. The van der Waals surface area contributed by atoms with Crippen molar-refractivity contribution in [2.75, 3.05) is 30.5 Å². The fraction of sp³-hybridized carbons (Fsp3) is 0.273. The van der Waals surface area contributed by atoms with Crippen molar-refractivity contribution < 1.29 is 18.0 Å². The number of nitrogens with zero attached hydrogens (tertiary/aromatic N) is 2. The Balaban J connectivity index is 1.68. The number of carbonyl (C=O) groups excluding carboxylic acids is 2. The Bertz CT molecular complexity index is 1000. The van der Waals surface area contributed by atoms with Crippen LogP contribution >= 0.6 is 0 Å². The maximum Gasteiger partial charge on any atom is 0.264 e. The summed E-state index contributed by atoms with van der Waals surface area (Å²) in [5.74, 6) is -0.148. The van der Waals surface area contributed by atoms with Gasteiger partial charge in [-0.3, -0.25) is 13.9 Å². The molecule has 8 heteroatoms. The van der Waals surface area contributed by atoms with Gasteiger partial charge < -0.3 is 10.2 Å². The summed E-state index contributed by atoms with van der Waals surface area (Å²) in [4.78, 5) is 25.9. The van der Waals surface area contributed by atoms with Crippen LogP contribution in [0.25, 0.3) is 0 Å². The van der Waals surface area contributed by atoms with Crippen molar-refractivity contribution >= 4 is 27.5 Å². The summed E-state index contributed by atoms with van der Waals surface area (Å²) >= 11 is 0. The first-order valence-corrected chi connectivity index (χ1v) is 11.2. The van der Waals surface area contributed by atoms with Crippen molar-refractivity contribution in [2.45, 2.75) is 17.7 Å². The predicted molar refractivity (Wildman–Crippen MR) is 116 cm³/mol. The van der Waals surface area contributed by atoms with Crippen LogP contribution in [-0.4, -0.2) is 51.3 Å². The Hall–Kier alpha value is -3.13. The van der Waals surface area contributed by atoms with Crippen molar-refractivity contribution in [3.63, 3.8) is 0 Å². The molecule has 0 aromatic heterocycles. The third-order valence-corrected chi connectivity index (χ3v) is 6.69. The average Bonchev–Trinajstić information content (AvgIpc) is 3.17. The van der Waals surface area contributed by atoms with E-state index in [2.05, 4.69) is 11.9 Å². The molecule has 0 unspecified atom stereocenters. The van der Waals surface area contributed by atoms with Crippen molar-refractivity contribution in [3.8, 4) is 0 Å². The molecule has 2 aromatic carbocycles. The highest BCUT2D eigenvalue weighted by atomic mass is 32.2. The van der Waals surface area contributed by atoms with Crippen molar-refractivity contribution in [2.24, 2.45) is 0 Å². The summed E-state index contributed by atoms with van der Waals surface area (Å²) in [7, 11) is -3.75. The van der Waals surface area contributed by atoms with Crippen molar-refractivity contribution in [1.29, 1.82) is 0 Å². The third-order valence-electron chi connectivity index (χ3n) is 4.88. The summed E-state index contributed by atoms with van der Waals surface area (Å²) < 4.78 is 27.2. The van der Waals surface area contributed by atoms with Gasteiger partial charge in [-0.1, -0.05) is 24.3 Å². The van der Waals surface area contributed by atoms with Gasteiger partial charge in [0.2, 0.25) is 5.91 Å². The number of hydrogen-bond acceptors (Lipinski definition) is 4. The van der Waals surface area contributed by atoms with E-state index in [1.54, 1.807) is 59.5 Å². The number of amides is 2. The normalized spacial score (nSPS) is 13.9. The van der Waals surface area contributed by atoms with E-state index < -0.39 is 10.0 Å². The molecule has 3 rings (SSSR count). The Morgan fingerprint density at radius 2 is 1.83 bits per heavy atom. The second-order valence-electron chi connectivity index (χ2n) is 6.92. The number of likely N-dealkylation sites (tertiary alicyclic amines) is 1. The monoisotopic (exact) mass is 427 g/mol. The fourth-order valence-electron chi connectivity index (χ4n) is 3.31. The minimum absolute atomic E-state index is 0.104. The largest absolute Gasteiger partial charge is 0.350 e. The predicted octanol–water partition coefficient (Wildman–Crippen LogP) is 2.42. The molecule has 1 heterocycles. The molecular formula is C22H25N3O4S. The molecule has 158 valence electrons. The summed E-state index contributed by atoms with van der Waals surface area (Å²) in [6, 6.07) is 14.5. The van der Waals surface area contributed by atoms with Gasteiger partial charge in [0.25, 0.3) is 15.9 Å². The van der Waals surface area contributed by atoms with Crippen LogP contribution in [0.15, 0.2) is 72.1 Å². The Kier molecular flexibility index (Phi) is 6.89. The quantitative estimate of drug-likeness (QED) is 0.623. The number of sulfonamides is 1. The number of rotatable bonds is 9. The summed E-state index contributed by atoms with van der Waals surface area (Å²) in [5, 5.41) is 2.80. The fourth-order valence-corrected chi connectivity index (χ4v) is 4.76. The third kappa shape index (κ3) is 4.88. The zero-order chi connectivity index (χ0) is 21.6. The molecule has 0 spiro atoms. The van der Waals surface area contributed by atoms with Gasteiger partial charge in [-0.05, 0) is 42.8 Å². The van der Waals surface area contributed by atoms with E-state index >= 15 is 0 Å². The molecule has 0 bridgehead atoms. The van der Waals surface area contributed by atoms with E-state index in [1.165, 1.54) is 10.4 Å². The van der Waals surface area contributed by atoms with Crippen LogP contribution in [0.2, 0.25) is 0 Å². The van der Waals surface area contributed by atoms with Gasteiger partial charge in [0.05, 0.1) is 17.1 Å². The molecule has 0 aliphatic carbocycles. The van der Waals surface area contributed by atoms with E-state index in [-0.39, 0.29) is 23.3 Å². The Labute approximate surface area is 177 Å². The van der Waals surface area contributed by atoms with Crippen LogP contribution in [0.5, 0.6) is 0 Å². The molecule has 1 aliphatic heterocycles. The lowest BCUT2D eigenvalue weighted by Gasteiger charge is -2.23. The zero-order valence-electron chi connectivity index (χ0n) is 16.7. The van der Waals surface area contributed by atoms with E-state index in [1.807, 2.05) is 0 Å². The minimum Gasteiger partial charge on any atom is -0.350 e. The van der Waals surface area contributed by atoms with Gasteiger partial charge in [-0.25, -0.2) is 8.42 Å². The van der Waals surface area contributed by atoms with Crippen LogP contribution in [-0.2, 0) is 14.8 Å². The smallest absolute Gasteiger partial charge is 0.264 e. The molecule has 1 saturated heterocycles. The number of carbonyl (C=O) groups is 2. The first-order valence-electron chi connectivity index (χ1n) is 9.78. The van der Waals surface area contributed by atoms with Gasteiger partial charge >= 0.3 is 0 Å². The first kappa shape index (κ1) is 21.6. The number of nitrogens with one attached hydrogen (secondary N) is 1. The molecule has 30 heavy (non-hydrogen) atoms. The van der Waals surface area contributed by atoms with Gasteiger partial charge in [-0.15, -0.1) is 6.58 Å². The Morgan fingerprint density at radius 1 is 1.13 bits per heavy atom. The van der Waals surface area contributed by atoms with Gasteiger partial charge in [0.15, 0.2) is 0 Å². The highest BCUT2D eigenvalue weighted by molar-refractivity contribution is 7.92. The van der Waals surface area contributed by atoms with Crippen molar-refractivity contribution in [3.05, 3.63) is 72.8 Å². The number of benzene rings is 2. The molecule has 1 aliphatic rings. The average molecular weight is 428 g/mol. The first-order chi connectivity index (χ1) is 14.4. The van der Waals surface area contributed by atoms with Crippen LogP contribution < -0.4 is 9.62 Å². The lowest BCUT2D eigenvalue weighted by molar-refractivity contribution is -0.127. The second-order valence-corrected chi connectivity index (χ2v) is 8.79. The van der Waals surface area contributed by atoms with E-state index in [9.17, 15) is 18.0 Å². The van der Waals surface area contributed by atoms with Crippen molar-refractivity contribution in [1.82, 2.24) is 10.2 Å². The summed E-state index contributed by atoms with van der Waals surface area (Å²) in [6.45, 7) is 5.35. The lowest BCUT2D eigenvalue weighted by Crippen LogP contribution is -2.35. The molecular weight excluding hydrogens is 402 g/mol. The highest BCUT2D eigenvalue weighted by Gasteiger charge is 2.24. The maximum atomic E-state index is 13.0. The Morgan fingerprint density at radius 3 is 2.43 bits per heavy atom. The van der Waals surface area contributed by atoms with Gasteiger partial charge in [0.1, 0.15) is 0 Å². The summed E-state index contributed by atoms with van der Waals surface area (Å²) in [6.07, 6.45) is 2.95. The van der Waals surface area contributed by atoms with E-state index in [0.717, 1.165) is 13.0 Å². The topological polar surface area (TPSA) is 86.8 Å². The van der Waals surface area contributed by atoms with E-state index in [4.69, 9.17) is 0 Å². The van der Waals surface area contributed by atoms with Crippen LogP contribution in [0.4, 0.5) is 5.69 Å². The van der Waals surface area contributed by atoms with E-state index in [0.29, 0.717) is 30.8 Å². The van der Waals surface area contributed by atoms with Crippen LogP contribution in [0.3, 0.4) is 0 Å². The maximum absolute atomic E-state index is 13.0. The number of anilines is 1. The SMILES string of the molecule is C=CCN(c1ccc(C(=O)NCCN2CCCC2=O)cc1)S(=O)(=O)c1ccccc1. The van der Waals surface area contributed by atoms with Crippen LogP contribution in [0, 0.1) is 0 Å². The van der Waals surface area contributed by atoms with Gasteiger partial charge in [0, 0.05) is 31.6 Å². The molecule has 0 atom stereocenters. The van der Waals surface area contributed by atoms with Crippen LogP contribution in [0.1, 0.15) is 23.2 Å². The molecule has 7 nitrogen and oxygen atoms in total. The molecule has 0 radical (unpaired) electrons. The molecule has 2 amide bonds. The molecule has 0 saturated carbocycles. The highest BCUT2D eigenvalue weighted by Crippen LogP contribution is 2.24. The summed E-state index contributed by atoms with van der Waals surface area (Å²) in [5.41, 5.74) is 0.861. The minimum atomic E-state index is -3.75. The standard InChI is InChI=1S/C22H25N3O4S/c1-2-15-25(30(28,29)20-7-4-3-5-8-20)19-12-10-18(11-13-19)22(27)23-14-17-24-16-6-9-21(24)26/h2-5,7-8,10-13H,1,6,9,14-17H2,(H,23,27). The zero-order valence-corrected chi connectivity index (χ0v) is 17.5. The molecule has 1 N–H and O–H groups in total. The second kappa shape index (κ2) is 9.58. The lowest BCUT2D eigenvalue weighted by atomic mass is 10.2. The molecule has 2 aromatic rings. The van der Waals surface area contributed by atoms with Gasteiger partial charge in [-0.2, -0.15) is 0 Å². The number of hydrogen-bond donors (Lipinski definition) is 1.